The highest BCUT2D eigenvalue weighted by Gasteiger charge is 2.43. The molecule has 0 fully saturated rings. The number of amides is 2. The van der Waals surface area contributed by atoms with E-state index in [4.69, 9.17) is 0 Å². The average Bonchev–Trinajstić information content (AvgIpc) is 2.86. The molecule has 1 atom stereocenters. The maximum atomic E-state index is 13.9. The number of aromatic hydroxyl groups is 1. The molecule has 4 rings (SSSR count). The van der Waals surface area contributed by atoms with E-state index in [0.29, 0.717) is 10.2 Å². The molecule has 0 aromatic heterocycles. The van der Waals surface area contributed by atoms with E-state index in [-0.39, 0.29) is 29.2 Å². The van der Waals surface area contributed by atoms with Crippen LogP contribution < -0.4 is 9.80 Å². The van der Waals surface area contributed by atoms with Crippen molar-refractivity contribution in [2.24, 2.45) is 0 Å². The van der Waals surface area contributed by atoms with Gasteiger partial charge in [0.1, 0.15) is 11.7 Å². The van der Waals surface area contributed by atoms with Crippen LogP contribution in [0.3, 0.4) is 0 Å². The molecular weight excluding hydrogens is 501 g/mol. The molecule has 0 radical (unpaired) electrons. The molecule has 5 nitrogen and oxygen atoms in total. The Hall–Kier alpha value is -3.33. The molecule has 0 spiro atoms. The molecule has 1 heterocycles. The zero-order chi connectivity index (χ0) is 23.9. The number of halogens is 4. The van der Waals surface area contributed by atoms with Gasteiger partial charge in [0.15, 0.2) is 0 Å². The SMILES string of the molecule is CCN1C(=O)C(c2cc(Br)ccc2O)C(=O)N(c2ccccc2)c2cc(C(F)(F)F)ccc21. The number of rotatable bonds is 3. The first kappa shape index (κ1) is 22.8. The first-order chi connectivity index (χ1) is 15.6. The second kappa shape index (κ2) is 8.55. The number of para-hydroxylation sites is 1. The molecular formula is C24H18BrF3N2O3. The molecule has 9 heteroatoms. The van der Waals surface area contributed by atoms with Gasteiger partial charge in [-0.25, -0.2) is 0 Å². The molecule has 1 aliphatic heterocycles. The fraction of sp³-hybridized carbons (Fsp3) is 0.167. The highest BCUT2D eigenvalue weighted by Crippen LogP contribution is 2.45. The number of carbonyl (C=O) groups is 2. The van der Waals surface area contributed by atoms with E-state index in [9.17, 15) is 27.9 Å². The van der Waals surface area contributed by atoms with Crippen LogP contribution in [0.2, 0.25) is 0 Å². The van der Waals surface area contributed by atoms with Crippen LogP contribution in [-0.4, -0.2) is 23.5 Å². The van der Waals surface area contributed by atoms with Crippen molar-refractivity contribution in [2.75, 3.05) is 16.3 Å². The summed E-state index contributed by atoms with van der Waals surface area (Å²) in [4.78, 5) is 29.9. The number of benzene rings is 3. The Kier molecular flexibility index (Phi) is 5.92. The van der Waals surface area contributed by atoms with Crippen LogP contribution in [0, 0.1) is 0 Å². The molecule has 0 bridgehead atoms. The average molecular weight is 519 g/mol. The van der Waals surface area contributed by atoms with E-state index in [0.717, 1.165) is 17.0 Å². The van der Waals surface area contributed by atoms with Gasteiger partial charge in [0.2, 0.25) is 11.8 Å². The Morgan fingerprint density at radius 3 is 2.27 bits per heavy atom. The molecule has 33 heavy (non-hydrogen) atoms. The van der Waals surface area contributed by atoms with Gasteiger partial charge in [0.25, 0.3) is 0 Å². The lowest BCUT2D eigenvalue weighted by atomic mass is 9.95. The normalized spacial score (nSPS) is 16.6. The topological polar surface area (TPSA) is 60.9 Å². The van der Waals surface area contributed by atoms with E-state index in [1.807, 2.05) is 0 Å². The van der Waals surface area contributed by atoms with Crippen LogP contribution in [-0.2, 0) is 15.8 Å². The maximum absolute atomic E-state index is 13.9. The van der Waals surface area contributed by atoms with Crippen molar-refractivity contribution < 1.29 is 27.9 Å². The summed E-state index contributed by atoms with van der Waals surface area (Å²) in [7, 11) is 0. The Bertz CT molecular complexity index is 1230. The van der Waals surface area contributed by atoms with Crippen molar-refractivity contribution in [1.29, 1.82) is 0 Å². The van der Waals surface area contributed by atoms with Crippen LogP contribution >= 0.6 is 15.9 Å². The van der Waals surface area contributed by atoms with Gasteiger partial charge in [-0.15, -0.1) is 0 Å². The van der Waals surface area contributed by atoms with Crippen molar-refractivity contribution in [3.8, 4) is 5.75 Å². The first-order valence-electron chi connectivity index (χ1n) is 10.0. The summed E-state index contributed by atoms with van der Waals surface area (Å²) in [6.07, 6.45) is -4.64. The van der Waals surface area contributed by atoms with Gasteiger partial charge < -0.3 is 10.0 Å². The highest BCUT2D eigenvalue weighted by molar-refractivity contribution is 9.10. The molecule has 3 aromatic rings. The lowest BCUT2D eigenvalue weighted by Crippen LogP contribution is -2.39. The van der Waals surface area contributed by atoms with E-state index < -0.39 is 29.5 Å². The lowest BCUT2D eigenvalue weighted by molar-refractivity contribution is -0.137. The molecule has 1 N–H and O–H groups in total. The minimum absolute atomic E-state index is 0.0580. The van der Waals surface area contributed by atoms with Gasteiger partial charge >= 0.3 is 6.18 Å². The van der Waals surface area contributed by atoms with Crippen molar-refractivity contribution in [3.63, 3.8) is 0 Å². The largest absolute Gasteiger partial charge is 0.508 e. The molecule has 0 saturated carbocycles. The van der Waals surface area contributed by atoms with Crippen molar-refractivity contribution >= 4 is 44.8 Å². The van der Waals surface area contributed by atoms with Crippen LogP contribution in [0.25, 0.3) is 0 Å². The van der Waals surface area contributed by atoms with E-state index >= 15 is 0 Å². The van der Waals surface area contributed by atoms with Gasteiger partial charge in [-0.1, -0.05) is 34.1 Å². The molecule has 0 saturated heterocycles. The van der Waals surface area contributed by atoms with Gasteiger partial charge in [0, 0.05) is 22.3 Å². The number of likely N-dealkylation sites (N-methyl/N-ethyl adjacent to an activating group) is 1. The number of carbonyl (C=O) groups excluding carboxylic acids is 2. The summed E-state index contributed by atoms with van der Waals surface area (Å²) in [5.41, 5.74) is -0.476. The predicted octanol–water partition coefficient (Wildman–Crippen LogP) is 5.99. The molecule has 1 unspecified atom stereocenters. The number of phenolic OH excluding ortho intramolecular Hbond substituents is 1. The monoisotopic (exact) mass is 518 g/mol. The molecule has 3 aromatic carbocycles. The number of hydrogen-bond donors (Lipinski definition) is 1. The van der Waals surface area contributed by atoms with E-state index in [2.05, 4.69) is 15.9 Å². The highest BCUT2D eigenvalue weighted by atomic mass is 79.9. The van der Waals surface area contributed by atoms with Gasteiger partial charge in [-0.2, -0.15) is 13.2 Å². The second-order valence-electron chi connectivity index (χ2n) is 7.43. The number of nitrogens with zero attached hydrogens (tertiary/aromatic N) is 2. The van der Waals surface area contributed by atoms with Crippen LogP contribution in [0.4, 0.5) is 30.2 Å². The standard InChI is InChI=1S/C24H18BrF3N2O3/c1-2-29-18-10-8-14(24(26,27)28)12-19(18)30(16-6-4-3-5-7-16)23(33)21(22(29)32)17-13-15(25)9-11-20(17)31/h3-13,21,31H,2H2,1H3. The molecule has 1 aliphatic rings. The summed E-state index contributed by atoms with van der Waals surface area (Å²) >= 11 is 3.29. The number of anilines is 3. The fourth-order valence-electron chi connectivity index (χ4n) is 3.93. The summed E-state index contributed by atoms with van der Waals surface area (Å²) in [6.45, 7) is 1.78. The molecule has 170 valence electrons. The Balaban J connectivity index is 2.03. The third-order valence-corrected chi connectivity index (χ3v) is 5.94. The Morgan fingerprint density at radius 1 is 0.939 bits per heavy atom. The summed E-state index contributed by atoms with van der Waals surface area (Å²) in [5.74, 6) is -3.15. The second-order valence-corrected chi connectivity index (χ2v) is 8.34. The minimum Gasteiger partial charge on any atom is -0.508 e. The summed E-state index contributed by atoms with van der Waals surface area (Å²) < 4.78 is 41.2. The third-order valence-electron chi connectivity index (χ3n) is 5.45. The Morgan fingerprint density at radius 2 is 1.64 bits per heavy atom. The smallest absolute Gasteiger partial charge is 0.416 e. The van der Waals surface area contributed by atoms with E-state index in [1.54, 1.807) is 43.3 Å². The molecule has 2 amide bonds. The number of alkyl halides is 3. The van der Waals surface area contributed by atoms with E-state index in [1.165, 1.54) is 23.1 Å². The fourth-order valence-corrected chi connectivity index (χ4v) is 4.31. The zero-order valence-electron chi connectivity index (χ0n) is 17.3. The number of hydrogen-bond acceptors (Lipinski definition) is 3. The molecule has 0 aliphatic carbocycles. The van der Waals surface area contributed by atoms with Gasteiger partial charge in [-0.05, 0) is 55.5 Å². The van der Waals surface area contributed by atoms with Gasteiger partial charge in [-0.3, -0.25) is 14.5 Å². The quantitative estimate of drug-likeness (QED) is 0.433. The Labute approximate surface area is 196 Å². The van der Waals surface area contributed by atoms with Crippen LogP contribution in [0.1, 0.15) is 24.0 Å². The number of fused-ring (bicyclic) bond motifs is 1. The lowest BCUT2D eigenvalue weighted by Gasteiger charge is -2.26. The summed E-state index contributed by atoms with van der Waals surface area (Å²) in [6, 6.07) is 15.5. The maximum Gasteiger partial charge on any atom is 0.416 e. The van der Waals surface area contributed by atoms with Crippen molar-refractivity contribution in [1.82, 2.24) is 0 Å². The van der Waals surface area contributed by atoms with Crippen molar-refractivity contribution in [3.05, 3.63) is 82.3 Å². The minimum atomic E-state index is -4.64. The summed E-state index contributed by atoms with van der Waals surface area (Å²) in [5, 5.41) is 10.5. The first-order valence-corrected chi connectivity index (χ1v) is 10.8. The predicted molar refractivity (Wildman–Crippen MR) is 122 cm³/mol. The zero-order valence-corrected chi connectivity index (χ0v) is 18.9. The number of phenols is 1. The van der Waals surface area contributed by atoms with Crippen LogP contribution in [0.15, 0.2) is 71.2 Å². The van der Waals surface area contributed by atoms with Gasteiger partial charge in [0.05, 0.1) is 16.9 Å². The third kappa shape index (κ3) is 4.08. The van der Waals surface area contributed by atoms with Crippen molar-refractivity contribution in [2.45, 2.75) is 19.0 Å². The van der Waals surface area contributed by atoms with Crippen LogP contribution in [0.5, 0.6) is 5.75 Å².